The van der Waals surface area contributed by atoms with Gasteiger partial charge >= 0.3 is 5.97 Å². The first-order valence-electron chi connectivity index (χ1n) is 8.84. The van der Waals surface area contributed by atoms with Gasteiger partial charge in [0.05, 0.1) is 12.7 Å². The maximum Gasteiger partial charge on any atom is 0.337 e. The van der Waals surface area contributed by atoms with Crippen molar-refractivity contribution in [2.45, 2.75) is 31.7 Å². The van der Waals surface area contributed by atoms with Crippen LogP contribution < -0.4 is 10.6 Å². The second-order valence-corrected chi connectivity index (χ2v) is 6.39. The molecule has 0 saturated heterocycles. The van der Waals surface area contributed by atoms with Crippen LogP contribution in [0.25, 0.3) is 0 Å². The summed E-state index contributed by atoms with van der Waals surface area (Å²) in [5.74, 6) is -1.15. The molecule has 0 unspecified atom stereocenters. The number of hydrogen-bond acceptors (Lipinski definition) is 5. The highest BCUT2D eigenvalue weighted by atomic mass is 16.5. The first-order valence-corrected chi connectivity index (χ1v) is 8.84. The summed E-state index contributed by atoms with van der Waals surface area (Å²) in [4.78, 5) is 40.3. The largest absolute Gasteiger partial charge is 0.465 e. The zero-order chi connectivity index (χ0) is 19.2. The lowest BCUT2D eigenvalue weighted by Gasteiger charge is -2.12. The van der Waals surface area contributed by atoms with Gasteiger partial charge in [0.15, 0.2) is 0 Å². The summed E-state index contributed by atoms with van der Waals surface area (Å²) in [6, 6.07) is 11.3. The van der Waals surface area contributed by atoms with Crippen molar-refractivity contribution in [1.82, 2.24) is 10.3 Å². The Balaban J connectivity index is 1.66. The fraction of sp³-hybridized carbons (Fsp3) is 0.300. The van der Waals surface area contributed by atoms with E-state index in [0.717, 1.165) is 25.7 Å². The van der Waals surface area contributed by atoms with Gasteiger partial charge in [-0.05, 0) is 49.2 Å². The number of nitrogens with zero attached hydrogens (tertiary/aromatic N) is 1. The Morgan fingerprint density at radius 1 is 0.963 bits per heavy atom. The molecule has 27 heavy (non-hydrogen) atoms. The van der Waals surface area contributed by atoms with E-state index < -0.39 is 11.9 Å². The van der Waals surface area contributed by atoms with Gasteiger partial charge in [-0.3, -0.25) is 9.59 Å². The number of anilines is 1. The van der Waals surface area contributed by atoms with Crippen LogP contribution in [0.2, 0.25) is 0 Å². The van der Waals surface area contributed by atoms with E-state index in [1.54, 1.807) is 42.5 Å². The number of pyridine rings is 1. The number of aromatic nitrogens is 1. The third-order valence-corrected chi connectivity index (χ3v) is 4.47. The summed E-state index contributed by atoms with van der Waals surface area (Å²) in [5, 5.41) is 5.65. The van der Waals surface area contributed by atoms with Gasteiger partial charge < -0.3 is 15.4 Å². The van der Waals surface area contributed by atoms with Crippen LogP contribution >= 0.6 is 0 Å². The van der Waals surface area contributed by atoms with E-state index in [2.05, 4.69) is 20.4 Å². The van der Waals surface area contributed by atoms with Crippen molar-refractivity contribution in [1.29, 1.82) is 0 Å². The molecule has 7 nitrogen and oxygen atoms in total. The average Bonchev–Trinajstić information content (AvgIpc) is 3.21. The molecule has 7 heteroatoms. The number of benzene rings is 1. The second kappa shape index (κ2) is 8.44. The number of ether oxygens (including phenoxy) is 1. The smallest absolute Gasteiger partial charge is 0.337 e. The maximum atomic E-state index is 12.4. The van der Waals surface area contributed by atoms with Gasteiger partial charge in [0.2, 0.25) is 0 Å². The van der Waals surface area contributed by atoms with Gasteiger partial charge in [-0.15, -0.1) is 0 Å². The topological polar surface area (TPSA) is 97.4 Å². The molecule has 2 aromatic rings. The highest BCUT2D eigenvalue weighted by Gasteiger charge is 2.19. The summed E-state index contributed by atoms with van der Waals surface area (Å²) < 4.78 is 4.64. The number of rotatable bonds is 5. The van der Waals surface area contributed by atoms with Crippen LogP contribution in [-0.4, -0.2) is 35.9 Å². The zero-order valence-corrected chi connectivity index (χ0v) is 15.0. The van der Waals surface area contributed by atoms with Gasteiger partial charge in [0.25, 0.3) is 11.8 Å². The van der Waals surface area contributed by atoms with Crippen LogP contribution in [0.1, 0.15) is 57.0 Å². The monoisotopic (exact) mass is 367 g/mol. The lowest BCUT2D eigenvalue weighted by molar-refractivity contribution is 0.0600. The van der Waals surface area contributed by atoms with Crippen molar-refractivity contribution >= 4 is 23.5 Å². The molecule has 1 aromatic heterocycles. The highest BCUT2D eigenvalue weighted by Crippen LogP contribution is 2.18. The van der Waals surface area contributed by atoms with E-state index in [9.17, 15) is 14.4 Å². The van der Waals surface area contributed by atoms with Crippen molar-refractivity contribution in [2.75, 3.05) is 12.4 Å². The molecule has 1 fully saturated rings. The van der Waals surface area contributed by atoms with Gasteiger partial charge in [-0.25, -0.2) is 9.78 Å². The van der Waals surface area contributed by atoms with Crippen LogP contribution in [0.3, 0.4) is 0 Å². The lowest BCUT2D eigenvalue weighted by atomic mass is 10.2. The number of esters is 1. The van der Waals surface area contributed by atoms with Gasteiger partial charge in [0, 0.05) is 11.7 Å². The average molecular weight is 367 g/mol. The number of amides is 2. The number of methoxy groups -OCH3 is 1. The first kappa shape index (κ1) is 18.6. The van der Waals surface area contributed by atoms with E-state index in [4.69, 9.17) is 0 Å². The minimum absolute atomic E-state index is 0.145. The fourth-order valence-electron chi connectivity index (χ4n) is 3.02. The lowest BCUT2D eigenvalue weighted by Crippen LogP contribution is -2.33. The highest BCUT2D eigenvalue weighted by molar-refractivity contribution is 6.04. The molecule has 0 spiro atoms. The third-order valence-electron chi connectivity index (χ3n) is 4.47. The number of carbonyl (C=O) groups is 3. The van der Waals surface area contributed by atoms with Crippen LogP contribution in [0.5, 0.6) is 0 Å². The molecule has 3 rings (SSSR count). The summed E-state index contributed by atoms with van der Waals surface area (Å²) in [5.41, 5.74) is 1.26. The van der Waals surface area contributed by atoms with Crippen LogP contribution in [-0.2, 0) is 4.74 Å². The van der Waals surface area contributed by atoms with Crippen molar-refractivity contribution in [2.24, 2.45) is 0 Å². The van der Waals surface area contributed by atoms with Gasteiger partial charge in [-0.2, -0.15) is 0 Å². The molecule has 1 aromatic carbocycles. The van der Waals surface area contributed by atoms with E-state index in [0.29, 0.717) is 11.3 Å². The Morgan fingerprint density at radius 3 is 2.22 bits per heavy atom. The molecular formula is C20H21N3O4. The molecule has 2 N–H and O–H groups in total. The Labute approximate surface area is 157 Å². The summed E-state index contributed by atoms with van der Waals surface area (Å²) in [7, 11) is 1.31. The molecule has 1 aliphatic carbocycles. The Morgan fingerprint density at radius 2 is 1.59 bits per heavy atom. The number of nitrogens with one attached hydrogen (secondary N) is 2. The molecule has 0 atom stereocenters. The molecule has 1 heterocycles. The SMILES string of the molecule is COC(=O)c1ccc(NC(=O)c2cccc(C(=O)NC3CCCC3)n2)cc1. The number of hydrogen-bond donors (Lipinski definition) is 2. The number of carbonyl (C=O) groups excluding carboxylic acids is 3. The Kier molecular flexibility index (Phi) is 5.80. The van der Waals surface area contributed by atoms with Crippen LogP contribution in [0.4, 0.5) is 5.69 Å². The predicted molar refractivity (Wildman–Crippen MR) is 99.7 cm³/mol. The third kappa shape index (κ3) is 4.69. The molecular weight excluding hydrogens is 346 g/mol. The van der Waals surface area contributed by atoms with Crippen molar-refractivity contribution in [3.8, 4) is 0 Å². The predicted octanol–water partition coefficient (Wildman–Crippen LogP) is 2.79. The first-order chi connectivity index (χ1) is 13.1. The minimum Gasteiger partial charge on any atom is -0.465 e. The molecule has 1 aliphatic rings. The van der Waals surface area contributed by atoms with Crippen molar-refractivity contribution < 1.29 is 19.1 Å². The zero-order valence-electron chi connectivity index (χ0n) is 15.0. The molecule has 0 radical (unpaired) electrons. The van der Waals surface area contributed by atoms with E-state index in [1.807, 2.05) is 0 Å². The normalized spacial score (nSPS) is 13.8. The van der Waals surface area contributed by atoms with E-state index in [1.165, 1.54) is 7.11 Å². The van der Waals surface area contributed by atoms with Crippen molar-refractivity contribution in [3.63, 3.8) is 0 Å². The van der Waals surface area contributed by atoms with E-state index in [-0.39, 0.29) is 23.3 Å². The van der Waals surface area contributed by atoms with E-state index >= 15 is 0 Å². The molecule has 1 saturated carbocycles. The van der Waals surface area contributed by atoms with Crippen molar-refractivity contribution in [3.05, 3.63) is 59.4 Å². The summed E-state index contributed by atoms with van der Waals surface area (Å²) in [6.07, 6.45) is 4.20. The molecule has 0 bridgehead atoms. The minimum atomic E-state index is -0.449. The van der Waals surface area contributed by atoms with Gasteiger partial charge in [-0.1, -0.05) is 18.9 Å². The quantitative estimate of drug-likeness (QED) is 0.792. The van der Waals surface area contributed by atoms with Crippen LogP contribution in [0.15, 0.2) is 42.5 Å². The molecule has 0 aliphatic heterocycles. The summed E-state index contributed by atoms with van der Waals surface area (Å²) >= 11 is 0. The second-order valence-electron chi connectivity index (χ2n) is 6.39. The Hall–Kier alpha value is -3.22. The standard InChI is InChI=1S/C20H21N3O4/c1-27-20(26)13-9-11-15(12-10-13)22-19(25)17-8-4-7-16(23-17)18(24)21-14-5-2-3-6-14/h4,7-12,14H,2-3,5-6H2,1H3,(H,21,24)(H,22,25). The molecule has 2 amide bonds. The summed E-state index contributed by atoms with van der Waals surface area (Å²) in [6.45, 7) is 0. The maximum absolute atomic E-state index is 12.4. The fourth-order valence-corrected chi connectivity index (χ4v) is 3.02. The van der Waals surface area contributed by atoms with Crippen LogP contribution in [0, 0.1) is 0 Å². The van der Waals surface area contributed by atoms with Gasteiger partial charge in [0.1, 0.15) is 11.4 Å². The Bertz CT molecular complexity index is 843. The molecule has 140 valence electrons.